The number of anilines is 1. The molecule has 0 amide bonds. The third-order valence-electron chi connectivity index (χ3n) is 4.97. The van der Waals surface area contributed by atoms with Crippen molar-refractivity contribution in [2.24, 2.45) is 4.99 Å². The summed E-state index contributed by atoms with van der Waals surface area (Å²) < 4.78 is 14.6. The Kier molecular flexibility index (Phi) is 4.90. The highest BCUT2D eigenvalue weighted by molar-refractivity contribution is 5.57. The minimum atomic E-state index is -0.905. The Morgan fingerprint density at radius 3 is 2.75 bits per heavy atom. The van der Waals surface area contributed by atoms with Gasteiger partial charge >= 0.3 is 5.69 Å². The first kappa shape index (κ1) is 19.9. The standard InChI is InChI=1S/C20H19FN8O3/c21-12-3-1-10(2-4-12)15(30)9-22-18-26-16-11(7-14-17(31)27-20(32)25-14)8-23-29(16)19(28-18)24-13-5-6-13/h1-4,7-8,13,15,30-31H,5-6,9H2,(H,22,24,28)(H2,25,27,32)/b11-7+. The van der Waals surface area contributed by atoms with Gasteiger partial charge < -0.3 is 20.5 Å². The van der Waals surface area contributed by atoms with E-state index >= 15 is 0 Å². The zero-order valence-corrected chi connectivity index (χ0v) is 16.7. The van der Waals surface area contributed by atoms with Gasteiger partial charge in [-0.1, -0.05) is 12.1 Å². The highest BCUT2D eigenvalue weighted by Gasteiger charge is 2.21. The predicted octanol–water partition coefficient (Wildman–Crippen LogP) is -0.258. The van der Waals surface area contributed by atoms with E-state index in [0.717, 1.165) is 12.8 Å². The summed E-state index contributed by atoms with van der Waals surface area (Å²) in [5.41, 5.74) is 0.947. The third-order valence-corrected chi connectivity index (χ3v) is 4.97. The summed E-state index contributed by atoms with van der Waals surface area (Å²) in [6.45, 7) is 0.0871. The van der Waals surface area contributed by atoms with Gasteiger partial charge in [0.1, 0.15) is 11.5 Å². The molecule has 1 aromatic carbocycles. The summed E-state index contributed by atoms with van der Waals surface area (Å²) in [6.07, 6.45) is 4.09. The number of nitrogens with one attached hydrogen (secondary N) is 3. The summed E-state index contributed by atoms with van der Waals surface area (Å²) >= 11 is 0. The van der Waals surface area contributed by atoms with Crippen LogP contribution >= 0.6 is 0 Å². The number of imidazole rings is 1. The maximum absolute atomic E-state index is 13.1. The van der Waals surface area contributed by atoms with E-state index in [1.807, 2.05) is 0 Å². The molecule has 1 atom stereocenters. The van der Waals surface area contributed by atoms with Crippen molar-refractivity contribution >= 4 is 17.7 Å². The van der Waals surface area contributed by atoms with Gasteiger partial charge in [-0.2, -0.15) is 19.6 Å². The van der Waals surface area contributed by atoms with E-state index in [4.69, 9.17) is 0 Å². The van der Waals surface area contributed by atoms with Crippen LogP contribution in [0.4, 0.5) is 10.3 Å². The first-order valence-electron chi connectivity index (χ1n) is 9.96. The minimum absolute atomic E-state index is 0.0871. The lowest BCUT2D eigenvalue weighted by atomic mass is 10.1. The van der Waals surface area contributed by atoms with Crippen LogP contribution < -0.4 is 21.8 Å². The van der Waals surface area contributed by atoms with Crippen LogP contribution in [-0.2, 0) is 0 Å². The number of aliphatic hydroxyl groups excluding tert-OH is 1. The van der Waals surface area contributed by atoms with Crippen molar-refractivity contribution in [3.05, 3.63) is 68.9 Å². The topological polar surface area (TPSA) is 157 Å². The summed E-state index contributed by atoms with van der Waals surface area (Å²) in [4.78, 5) is 29.6. The molecule has 12 heteroatoms. The van der Waals surface area contributed by atoms with Gasteiger partial charge in [-0.15, -0.1) is 0 Å². The van der Waals surface area contributed by atoms with Gasteiger partial charge in [-0.25, -0.2) is 14.2 Å². The molecule has 0 saturated heterocycles. The van der Waals surface area contributed by atoms with Crippen molar-refractivity contribution in [2.45, 2.75) is 25.0 Å². The zero-order valence-electron chi connectivity index (χ0n) is 16.7. The second-order valence-electron chi connectivity index (χ2n) is 7.48. The fourth-order valence-electron chi connectivity index (χ4n) is 3.15. The molecular formula is C20H19FN8O3. The normalized spacial score (nSPS) is 16.1. The molecule has 1 fully saturated rings. The SMILES string of the molecule is O=c1[nH]c(O)c(/C=c2\cnn3c(=NC4CC4)nc(NCC(O)c4ccc(F)cc4)nc23)[nH]1. The molecule has 5 N–H and O–H groups in total. The van der Waals surface area contributed by atoms with Crippen LogP contribution in [0.25, 0.3) is 11.7 Å². The van der Waals surface area contributed by atoms with Gasteiger partial charge in [0.25, 0.3) is 5.62 Å². The molecule has 0 bridgehead atoms. The van der Waals surface area contributed by atoms with Crippen LogP contribution in [-0.4, -0.2) is 52.3 Å². The third kappa shape index (κ3) is 4.07. The lowest BCUT2D eigenvalue weighted by molar-refractivity contribution is 0.191. The molecule has 32 heavy (non-hydrogen) atoms. The Morgan fingerprint density at radius 1 is 1.28 bits per heavy atom. The molecule has 0 spiro atoms. The van der Waals surface area contributed by atoms with Crippen molar-refractivity contribution in [3.63, 3.8) is 0 Å². The summed E-state index contributed by atoms with van der Waals surface area (Å²) in [7, 11) is 0. The van der Waals surface area contributed by atoms with Gasteiger partial charge in [0.2, 0.25) is 11.8 Å². The lowest BCUT2D eigenvalue weighted by Gasteiger charge is -2.12. The Bertz CT molecular complexity index is 1450. The van der Waals surface area contributed by atoms with Crippen LogP contribution in [0.15, 0.2) is 40.2 Å². The molecule has 5 rings (SSSR count). The minimum Gasteiger partial charge on any atom is -0.493 e. The number of aliphatic hydroxyl groups is 1. The highest BCUT2D eigenvalue weighted by atomic mass is 19.1. The van der Waals surface area contributed by atoms with Crippen LogP contribution in [0.5, 0.6) is 5.88 Å². The van der Waals surface area contributed by atoms with Gasteiger partial charge in [0, 0.05) is 11.8 Å². The maximum Gasteiger partial charge on any atom is 0.326 e. The number of nitrogens with zero attached hydrogens (tertiary/aromatic N) is 5. The number of aromatic hydroxyl groups is 1. The summed E-state index contributed by atoms with van der Waals surface area (Å²) in [5.74, 6) is -0.458. The fraction of sp³-hybridized carbons (Fsp3) is 0.250. The zero-order chi connectivity index (χ0) is 22.2. The molecule has 0 aliphatic heterocycles. The summed E-state index contributed by atoms with van der Waals surface area (Å²) in [6, 6.07) is 5.75. The molecule has 4 aromatic rings. The molecule has 1 saturated carbocycles. The summed E-state index contributed by atoms with van der Waals surface area (Å²) in [5, 5.41) is 28.1. The number of hydrogen-bond donors (Lipinski definition) is 5. The predicted molar refractivity (Wildman–Crippen MR) is 111 cm³/mol. The number of aromatic nitrogens is 6. The Balaban J connectivity index is 1.52. The average molecular weight is 438 g/mol. The first-order valence-corrected chi connectivity index (χ1v) is 9.96. The van der Waals surface area contributed by atoms with Gasteiger partial charge in [-0.05, 0) is 36.6 Å². The quantitative estimate of drug-likeness (QED) is 0.278. The van der Waals surface area contributed by atoms with Crippen LogP contribution in [0, 0.1) is 5.82 Å². The number of benzene rings is 1. The number of fused-ring (bicyclic) bond motifs is 1. The van der Waals surface area contributed by atoms with Gasteiger partial charge in [0.15, 0.2) is 5.65 Å². The second-order valence-corrected chi connectivity index (χ2v) is 7.48. The number of H-pyrrole nitrogens is 2. The molecule has 1 aliphatic rings. The fourth-order valence-corrected chi connectivity index (χ4v) is 3.15. The number of aromatic amines is 2. The Labute approximate surface area is 179 Å². The smallest absolute Gasteiger partial charge is 0.326 e. The van der Waals surface area contributed by atoms with Crippen molar-refractivity contribution in [2.75, 3.05) is 11.9 Å². The van der Waals surface area contributed by atoms with Crippen molar-refractivity contribution < 1.29 is 14.6 Å². The Morgan fingerprint density at radius 2 is 2.06 bits per heavy atom. The number of hydrogen-bond acceptors (Lipinski definition) is 8. The van der Waals surface area contributed by atoms with E-state index in [1.165, 1.54) is 41.1 Å². The average Bonchev–Trinajstić information content (AvgIpc) is 3.41. The first-order chi connectivity index (χ1) is 15.5. The van der Waals surface area contributed by atoms with E-state index < -0.39 is 11.8 Å². The molecule has 3 aromatic heterocycles. The monoisotopic (exact) mass is 438 g/mol. The molecule has 3 heterocycles. The largest absolute Gasteiger partial charge is 0.493 e. The van der Waals surface area contributed by atoms with Crippen LogP contribution in [0.3, 0.4) is 0 Å². The molecular weight excluding hydrogens is 419 g/mol. The maximum atomic E-state index is 13.1. The second kappa shape index (κ2) is 7.89. The Hall–Kier alpha value is -4.06. The van der Waals surface area contributed by atoms with E-state index in [-0.39, 0.29) is 35.9 Å². The molecule has 11 nitrogen and oxygen atoms in total. The molecule has 1 unspecified atom stereocenters. The number of halogens is 1. The number of rotatable bonds is 6. The van der Waals surface area contributed by atoms with E-state index in [9.17, 15) is 19.4 Å². The lowest BCUT2D eigenvalue weighted by Crippen LogP contribution is -2.26. The molecule has 164 valence electrons. The van der Waals surface area contributed by atoms with Gasteiger partial charge in [-0.3, -0.25) is 4.98 Å². The van der Waals surface area contributed by atoms with Crippen molar-refractivity contribution in [3.8, 4) is 5.88 Å². The van der Waals surface area contributed by atoms with Crippen LogP contribution in [0.2, 0.25) is 0 Å². The van der Waals surface area contributed by atoms with E-state index in [0.29, 0.717) is 22.0 Å². The van der Waals surface area contributed by atoms with E-state index in [1.54, 1.807) is 0 Å². The van der Waals surface area contributed by atoms with Gasteiger partial charge in [0.05, 0.1) is 18.3 Å². The van der Waals surface area contributed by atoms with Crippen molar-refractivity contribution in [1.29, 1.82) is 0 Å². The van der Waals surface area contributed by atoms with Crippen molar-refractivity contribution in [1.82, 2.24) is 29.5 Å². The van der Waals surface area contributed by atoms with Crippen LogP contribution in [0.1, 0.15) is 30.2 Å². The highest BCUT2D eigenvalue weighted by Crippen LogP contribution is 2.22. The van der Waals surface area contributed by atoms with E-state index in [2.05, 4.69) is 35.3 Å². The molecule has 0 radical (unpaired) electrons. The molecule has 1 aliphatic carbocycles.